The highest BCUT2D eigenvalue weighted by Crippen LogP contribution is 2.43. The second-order valence-electron chi connectivity index (χ2n) is 19.6. The molecule has 0 bridgehead atoms. The lowest BCUT2D eigenvalue weighted by atomic mass is 9.86. The Kier molecular flexibility index (Phi) is 12.4. The van der Waals surface area contributed by atoms with Crippen LogP contribution in [0.2, 0.25) is 0 Å². The number of aromatic nitrogens is 6. The summed E-state index contributed by atoms with van der Waals surface area (Å²) in [6, 6.07) is 14.7. The highest BCUT2D eigenvalue weighted by Gasteiger charge is 2.40. The van der Waals surface area contributed by atoms with Crippen LogP contribution >= 0.6 is 0 Å². The van der Waals surface area contributed by atoms with E-state index >= 15 is 0 Å². The van der Waals surface area contributed by atoms with Crippen molar-refractivity contribution in [3.05, 3.63) is 101 Å². The Bertz CT molecular complexity index is 3080. The molecule has 1 N–H and O–H groups in total. The number of fused-ring (bicyclic) bond motifs is 2. The maximum atomic E-state index is 14.1. The fourth-order valence-corrected chi connectivity index (χ4v) is 11.1. The topological polar surface area (TPSA) is 137 Å². The molecule has 2 aliphatic heterocycles. The van der Waals surface area contributed by atoms with Crippen molar-refractivity contribution in [2.24, 2.45) is 11.8 Å². The van der Waals surface area contributed by atoms with Gasteiger partial charge in [0.1, 0.15) is 23.2 Å². The van der Waals surface area contributed by atoms with E-state index in [2.05, 4.69) is 20.2 Å². The fourth-order valence-electron chi connectivity index (χ4n) is 11.1. The average molecular weight is 969 g/mol. The second kappa shape index (κ2) is 18.4. The molecule has 70 heavy (non-hydrogen) atoms. The van der Waals surface area contributed by atoms with E-state index in [1.54, 1.807) is 0 Å². The number of carbonyl (C=O) groups excluding carboxylic acids is 2. The van der Waals surface area contributed by atoms with Crippen LogP contribution in [0.1, 0.15) is 124 Å². The molecule has 2 saturated heterocycles. The van der Waals surface area contributed by atoms with Crippen molar-refractivity contribution < 1.29 is 45.0 Å². The normalized spacial score (nSPS) is 20.7. The Morgan fingerprint density at radius 2 is 1.14 bits per heavy atom. The fraction of sp³-hybridized carbons (Fsp3) is 0.462. The molecule has 4 aliphatic rings. The number of anilines is 1. The summed E-state index contributed by atoms with van der Waals surface area (Å²) in [5.41, 5.74) is 8.83. The van der Waals surface area contributed by atoms with Gasteiger partial charge in [0.2, 0.25) is 23.7 Å². The summed E-state index contributed by atoms with van der Waals surface area (Å²) in [6.07, 6.45) is 3.20. The van der Waals surface area contributed by atoms with Crippen LogP contribution < -0.4 is 10.2 Å². The zero-order chi connectivity index (χ0) is 49.2. The molecule has 2 aliphatic carbocycles. The molecule has 3 aromatic carbocycles. The molecule has 0 spiro atoms. The molecular formula is C52H54F6N8O4. The van der Waals surface area contributed by atoms with E-state index in [0.29, 0.717) is 75.1 Å². The third kappa shape index (κ3) is 9.20. The van der Waals surface area contributed by atoms with Gasteiger partial charge in [0.05, 0.1) is 45.5 Å². The number of halogens is 6. The van der Waals surface area contributed by atoms with Gasteiger partial charge in [0.15, 0.2) is 11.6 Å². The van der Waals surface area contributed by atoms with Gasteiger partial charge in [0.25, 0.3) is 0 Å². The van der Waals surface area contributed by atoms with Crippen LogP contribution in [0.15, 0.2) is 63.6 Å². The number of amides is 2. The SMILES string of the molecule is Cc1noc(C)c1-c1ccc2c(c1)nc([C@@H]1CCC(=O)N1)n2CC1CCC(F)(F)CC1.Cc1noc(C)c1-c1ccc2c(c1)nc([C@@H]1CCC(=O)N1c1ccc(F)c(F)c1)n2CC1CCC(F)(F)CC1. The molecule has 18 heteroatoms. The third-order valence-corrected chi connectivity index (χ3v) is 14.8. The van der Waals surface area contributed by atoms with Crippen LogP contribution in [0.5, 0.6) is 0 Å². The first-order valence-electron chi connectivity index (χ1n) is 24.1. The van der Waals surface area contributed by atoms with Gasteiger partial charge in [-0.1, -0.05) is 22.4 Å². The number of nitrogens with one attached hydrogen (secondary N) is 1. The Morgan fingerprint density at radius 3 is 1.61 bits per heavy atom. The van der Waals surface area contributed by atoms with Gasteiger partial charge in [-0.15, -0.1) is 0 Å². The molecule has 7 aromatic rings. The predicted molar refractivity (Wildman–Crippen MR) is 249 cm³/mol. The van der Waals surface area contributed by atoms with E-state index in [0.717, 1.165) is 73.9 Å². The standard InChI is InChI=1S/C29H28F4N4O2.C23H26F2N4O2/c1-16-27(17(2)39-35-16)19-3-6-24-23(13-19)34-28(36(24)15-18-9-11-29(32,33)12-10-18)25-7-8-26(38)37(25)20-4-5-21(30)22(31)14-20;1-13-21(14(2)31-28-13)16-3-5-19-18(11-16)27-22(17-4-6-20(30)26-17)29(19)12-15-7-9-23(24,25)10-8-15/h3-6,13-14,18,25H,7-12,15H2,1-2H3;3,5,11,15,17H,4,6-10,12H2,1-2H3,(H,26,30)/t25-;17-/m00/s1. The van der Waals surface area contributed by atoms with Gasteiger partial charge in [0, 0.05) is 74.5 Å². The Morgan fingerprint density at radius 1 is 0.629 bits per heavy atom. The zero-order valence-corrected chi connectivity index (χ0v) is 39.4. The van der Waals surface area contributed by atoms with Gasteiger partial charge in [-0.05, 0) is 126 Å². The van der Waals surface area contributed by atoms with E-state index < -0.39 is 29.5 Å². The lowest BCUT2D eigenvalue weighted by Crippen LogP contribution is -2.31. The number of carbonyl (C=O) groups is 2. The number of alkyl halides is 4. The molecular weight excluding hydrogens is 915 g/mol. The molecule has 12 nitrogen and oxygen atoms in total. The molecule has 11 rings (SSSR count). The monoisotopic (exact) mass is 968 g/mol. The number of aryl methyl sites for hydroxylation is 4. The van der Waals surface area contributed by atoms with Crippen LogP contribution in [0.3, 0.4) is 0 Å². The van der Waals surface area contributed by atoms with Crippen molar-refractivity contribution >= 4 is 39.6 Å². The van der Waals surface area contributed by atoms with Crippen LogP contribution in [-0.4, -0.2) is 53.1 Å². The number of nitrogens with zero attached hydrogens (tertiary/aromatic N) is 7. The van der Waals surface area contributed by atoms with Gasteiger partial charge in [-0.25, -0.2) is 36.3 Å². The molecule has 0 radical (unpaired) electrons. The van der Waals surface area contributed by atoms with Crippen LogP contribution in [0.4, 0.5) is 32.0 Å². The maximum absolute atomic E-state index is 14.1. The van der Waals surface area contributed by atoms with Crippen molar-refractivity contribution in [3.63, 3.8) is 0 Å². The Hall–Kier alpha value is -6.46. The average Bonchev–Trinajstić information content (AvgIpc) is 4.19. The van der Waals surface area contributed by atoms with Crippen molar-refractivity contribution in [2.45, 2.75) is 142 Å². The van der Waals surface area contributed by atoms with Crippen molar-refractivity contribution in [1.29, 1.82) is 0 Å². The number of imidazole rings is 2. The van der Waals surface area contributed by atoms with Gasteiger partial charge in [-0.3, -0.25) is 9.59 Å². The molecule has 2 atom stereocenters. The molecule has 0 unspecified atom stereocenters. The van der Waals surface area contributed by atoms with Gasteiger partial charge < -0.3 is 28.4 Å². The summed E-state index contributed by atoms with van der Waals surface area (Å²) in [5, 5.41) is 11.1. The maximum Gasteiger partial charge on any atom is 0.248 e. The summed E-state index contributed by atoms with van der Waals surface area (Å²) < 4.78 is 97.7. The molecule has 4 fully saturated rings. The van der Waals surface area contributed by atoms with Crippen molar-refractivity contribution in [1.82, 2.24) is 34.7 Å². The molecule has 2 amide bonds. The minimum absolute atomic E-state index is 0.0248. The van der Waals surface area contributed by atoms with E-state index in [1.807, 2.05) is 68.7 Å². The summed E-state index contributed by atoms with van der Waals surface area (Å²) in [4.78, 5) is 36.2. The van der Waals surface area contributed by atoms with Crippen molar-refractivity contribution in [2.75, 3.05) is 4.90 Å². The van der Waals surface area contributed by atoms with E-state index in [1.165, 1.54) is 11.0 Å². The summed E-state index contributed by atoms with van der Waals surface area (Å²) in [5.74, 6) is -4.34. The number of hydrogen-bond donors (Lipinski definition) is 1. The van der Waals surface area contributed by atoms with Gasteiger partial charge >= 0.3 is 0 Å². The molecule has 2 saturated carbocycles. The predicted octanol–water partition coefficient (Wildman–Crippen LogP) is 12.4. The Labute approximate surface area is 399 Å². The van der Waals surface area contributed by atoms with E-state index in [4.69, 9.17) is 19.0 Å². The summed E-state index contributed by atoms with van der Waals surface area (Å²) in [7, 11) is 0. The quantitative estimate of drug-likeness (QED) is 0.141. The van der Waals surface area contributed by atoms with Crippen LogP contribution in [0, 0.1) is 51.2 Å². The third-order valence-electron chi connectivity index (χ3n) is 14.8. The summed E-state index contributed by atoms with van der Waals surface area (Å²) >= 11 is 0. The lowest BCUT2D eigenvalue weighted by molar-refractivity contribution is -0.119. The lowest BCUT2D eigenvalue weighted by Gasteiger charge is -2.30. The molecule has 6 heterocycles. The molecule has 368 valence electrons. The largest absolute Gasteiger partial charge is 0.361 e. The number of hydrogen-bond acceptors (Lipinski definition) is 8. The first kappa shape index (κ1) is 47.2. The highest BCUT2D eigenvalue weighted by molar-refractivity contribution is 5.96. The smallest absolute Gasteiger partial charge is 0.248 e. The summed E-state index contributed by atoms with van der Waals surface area (Å²) in [6.45, 7) is 8.61. The zero-order valence-electron chi connectivity index (χ0n) is 39.4. The van der Waals surface area contributed by atoms with Crippen molar-refractivity contribution in [3.8, 4) is 22.3 Å². The van der Waals surface area contributed by atoms with E-state index in [-0.39, 0.29) is 67.5 Å². The number of benzene rings is 3. The van der Waals surface area contributed by atoms with Gasteiger partial charge in [-0.2, -0.15) is 0 Å². The van der Waals surface area contributed by atoms with Crippen LogP contribution in [-0.2, 0) is 22.7 Å². The Balaban J connectivity index is 0.000000166. The molecule has 4 aromatic heterocycles. The first-order chi connectivity index (χ1) is 33.4. The van der Waals surface area contributed by atoms with Crippen LogP contribution in [0.25, 0.3) is 44.3 Å². The second-order valence-corrected chi connectivity index (χ2v) is 19.6. The number of rotatable bonds is 9. The minimum Gasteiger partial charge on any atom is -0.361 e. The first-order valence-corrected chi connectivity index (χ1v) is 24.1. The minimum atomic E-state index is -2.64. The highest BCUT2D eigenvalue weighted by atomic mass is 19.3. The van der Waals surface area contributed by atoms with E-state index in [9.17, 15) is 35.9 Å².